The zero-order valence-corrected chi connectivity index (χ0v) is 12.7. The molecule has 1 atom stereocenters. The lowest BCUT2D eigenvalue weighted by Crippen LogP contribution is -2.31. The van der Waals surface area contributed by atoms with Crippen molar-refractivity contribution in [2.45, 2.75) is 19.8 Å². The molecule has 1 saturated heterocycles. The highest BCUT2D eigenvalue weighted by atomic mass is 35.5. The first-order valence-corrected chi connectivity index (χ1v) is 5.98. The van der Waals surface area contributed by atoms with E-state index in [0.29, 0.717) is 25.9 Å². The number of pyridine rings is 1. The summed E-state index contributed by atoms with van der Waals surface area (Å²) >= 11 is 0. The Morgan fingerprint density at radius 2 is 2.10 bits per heavy atom. The molecule has 1 N–H and O–H groups in total. The molecule has 1 aromatic heterocycles. The Bertz CT molecular complexity index is 465. The van der Waals surface area contributed by atoms with Crippen LogP contribution >= 0.6 is 24.8 Å². The smallest absolute Gasteiger partial charge is 0.308 e. The van der Waals surface area contributed by atoms with Crippen molar-refractivity contribution in [3.63, 3.8) is 0 Å². The summed E-state index contributed by atoms with van der Waals surface area (Å²) in [5.41, 5.74) is 1.78. The Morgan fingerprint density at radius 3 is 2.60 bits per heavy atom. The van der Waals surface area contributed by atoms with Gasteiger partial charge in [-0.2, -0.15) is 0 Å². The van der Waals surface area contributed by atoms with Gasteiger partial charge in [0.15, 0.2) is 0 Å². The lowest BCUT2D eigenvalue weighted by Gasteiger charge is -2.15. The largest absolute Gasteiger partial charge is 0.481 e. The third-order valence-corrected chi connectivity index (χ3v) is 3.22. The summed E-state index contributed by atoms with van der Waals surface area (Å²) in [7, 11) is 0. The van der Waals surface area contributed by atoms with E-state index < -0.39 is 11.9 Å². The van der Waals surface area contributed by atoms with Gasteiger partial charge < -0.3 is 10.0 Å². The predicted octanol–water partition coefficient (Wildman–Crippen LogP) is 1.71. The number of amides is 1. The molecule has 7 heteroatoms. The minimum absolute atomic E-state index is 0. The van der Waals surface area contributed by atoms with Crippen LogP contribution in [0.5, 0.6) is 0 Å². The van der Waals surface area contributed by atoms with Crippen molar-refractivity contribution in [2.24, 2.45) is 5.92 Å². The monoisotopic (exact) mass is 320 g/mol. The average Bonchev–Trinajstić information content (AvgIpc) is 2.81. The number of likely N-dealkylation sites (tertiary alicyclic amines) is 1. The lowest BCUT2D eigenvalue weighted by molar-refractivity contribution is -0.141. The number of rotatable bonds is 3. The van der Waals surface area contributed by atoms with Crippen LogP contribution in [0.25, 0.3) is 0 Å². The second-order valence-electron chi connectivity index (χ2n) is 4.65. The van der Waals surface area contributed by atoms with Crippen LogP contribution in [0.1, 0.15) is 17.7 Å². The van der Waals surface area contributed by atoms with E-state index >= 15 is 0 Å². The van der Waals surface area contributed by atoms with Crippen molar-refractivity contribution in [1.29, 1.82) is 0 Å². The van der Waals surface area contributed by atoms with Crippen molar-refractivity contribution < 1.29 is 14.7 Å². The van der Waals surface area contributed by atoms with Crippen molar-refractivity contribution in [2.75, 3.05) is 13.1 Å². The number of carbonyl (C=O) groups is 2. The lowest BCUT2D eigenvalue weighted by atomic mass is 10.1. The zero-order chi connectivity index (χ0) is 13.1. The highest BCUT2D eigenvalue weighted by Gasteiger charge is 2.30. The van der Waals surface area contributed by atoms with E-state index in [4.69, 9.17) is 5.11 Å². The normalized spacial score (nSPS) is 17.1. The first-order valence-electron chi connectivity index (χ1n) is 5.98. The molecule has 1 aliphatic rings. The molecule has 0 spiro atoms. The molecule has 20 heavy (non-hydrogen) atoms. The zero-order valence-electron chi connectivity index (χ0n) is 11.1. The van der Waals surface area contributed by atoms with Gasteiger partial charge >= 0.3 is 5.97 Å². The van der Waals surface area contributed by atoms with E-state index in [9.17, 15) is 9.59 Å². The maximum atomic E-state index is 12.0. The van der Waals surface area contributed by atoms with E-state index in [1.54, 1.807) is 11.1 Å². The number of hydrogen-bond donors (Lipinski definition) is 1. The molecule has 1 fully saturated rings. The average molecular weight is 321 g/mol. The van der Waals surface area contributed by atoms with E-state index in [-0.39, 0.29) is 30.7 Å². The topological polar surface area (TPSA) is 70.5 Å². The van der Waals surface area contributed by atoms with Crippen LogP contribution < -0.4 is 0 Å². The quantitative estimate of drug-likeness (QED) is 0.920. The minimum atomic E-state index is -0.817. The molecule has 2 heterocycles. The Hall–Kier alpha value is -1.33. The Morgan fingerprint density at radius 1 is 1.40 bits per heavy atom. The second kappa shape index (κ2) is 8.07. The summed E-state index contributed by atoms with van der Waals surface area (Å²) in [6.45, 7) is 2.76. The van der Waals surface area contributed by atoms with Crippen LogP contribution in [0.4, 0.5) is 0 Å². The van der Waals surface area contributed by atoms with Crippen molar-refractivity contribution in [3.8, 4) is 0 Å². The van der Waals surface area contributed by atoms with E-state index in [1.165, 1.54) is 0 Å². The Balaban J connectivity index is 0.00000180. The van der Waals surface area contributed by atoms with Gasteiger partial charge in [-0.25, -0.2) is 0 Å². The number of nitrogens with zero attached hydrogens (tertiary/aromatic N) is 2. The summed E-state index contributed by atoms with van der Waals surface area (Å²) in [6, 6.07) is 3.75. The van der Waals surface area contributed by atoms with E-state index in [2.05, 4.69) is 4.98 Å². The van der Waals surface area contributed by atoms with Gasteiger partial charge in [-0.3, -0.25) is 14.6 Å². The molecule has 2 rings (SSSR count). The van der Waals surface area contributed by atoms with Gasteiger partial charge in [-0.05, 0) is 25.0 Å². The third kappa shape index (κ3) is 4.65. The molecule has 0 radical (unpaired) electrons. The molecule has 112 valence electrons. The molecule has 5 nitrogen and oxygen atoms in total. The number of carbonyl (C=O) groups excluding carboxylic acids is 1. The first-order chi connectivity index (χ1) is 8.56. The first kappa shape index (κ1) is 18.7. The van der Waals surface area contributed by atoms with Gasteiger partial charge in [0.25, 0.3) is 0 Å². The number of halogens is 2. The second-order valence-corrected chi connectivity index (χ2v) is 4.65. The van der Waals surface area contributed by atoms with Crippen LogP contribution in [0.3, 0.4) is 0 Å². The standard InChI is InChI=1S/C13H16N2O3.2ClH/c1-9-2-3-10(7-14-9)6-12(16)15-5-4-11(8-15)13(17)18;;/h2-3,7,11H,4-6,8H2,1H3,(H,17,18);2*1H. The number of carboxylic acids is 1. The van der Waals surface area contributed by atoms with Crippen LogP contribution in [-0.2, 0) is 16.0 Å². The number of aliphatic carboxylic acids is 1. The van der Waals surface area contributed by atoms with Crippen molar-refractivity contribution in [1.82, 2.24) is 9.88 Å². The van der Waals surface area contributed by atoms with Gasteiger partial charge in [0.1, 0.15) is 0 Å². The molecule has 0 saturated carbocycles. The fraction of sp³-hybridized carbons (Fsp3) is 0.462. The summed E-state index contributed by atoms with van der Waals surface area (Å²) in [5, 5.41) is 8.89. The number of carboxylic acid groups (broad SMARTS) is 1. The number of hydrogen-bond acceptors (Lipinski definition) is 3. The maximum absolute atomic E-state index is 12.0. The fourth-order valence-corrected chi connectivity index (χ4v) is 2.08. The van der Waals surface area contributed by atoms with Crippen LogP contribution in [-0.4, -0.2) is 40.0 Å². The molecule has 1 unspecified atom stereocenters. The molecule has 0 aliphatic carbocycles. The highest BCUT2D eigenvalue weighted by Crippen LogP contribution is 2.17. The van der Waals surface area contributed by atoms with Crippen LogP contribution in [0, 0.1) is 12.8 Å². The maximum Gasteiger partial charge on any atom is 0.308 e. The van der Waals surface area contributed by atoms with Gasteiger partial charge in [0.2, 0.25) is 5.91 Å². The minimum Gasteiger partial charge on any atom is -0.481 e. The molecule has 0 bridgehead atoms. The van der Waals surface area contributed by atoms with Gasteiger partial charge in [0, 0.05) is 25.0 Å². The van der Waals surface area contributed by atoms with Crippen LogP contribution in [0.15, 0.2) is 18.3 Å². The molecular weight excluding hydrogens is 303 g/mol. The van der Waals surface area contributed by atoms with Gasteiger partial charge in [0.05, 0.1) is 12.3 Å². The number of aromatic nitrogens is 1. The predicted molar refractivity (Wildman–Crippen MR) is 79.5 cm³/mol. The molecule has 0 aromatic carbocycles. The molecule has 1 amide bonds. The van der Waals surface area contributed by atoms with Gasteiger partial charge in [-0.1, -0.05) is 6.07 Å². The highest BCUT2D eigenvalue weighted by molar-refractivity contribution is 5.85. The molecular formula is C13H18Cl2N2O3. The summed E-state index contributed by atoms with van der Waals surface area (Å²) in [4.78, 5) is 28.6. The molecule has 1 aliphatic heterocycles. The SMILES string of the molecule is Cc1ccc(CC(=O)N2CCC(C(=O)O)C2)cn1.Cl.Cl. The summed E-state index contributed by atoms with van der Waals surface area (Å²) in [5.74, 6) is -1.25. The Kier molecular flexibility index (Phi) is 7.53. The van der Waals surface area contributed by atoms with E-state index in [1.807, 2.05) is 19.1 Å². The number of aryl methyl sites for hydroxylation is 1. The molecule has 1 aromatic rings. The van der Waals surface area contributed by atoms with Crippen LogP contribution in [0.2, 0.25) is 0 Å². The third-order valence-electron chi connectivity index (χ3n) is 3.22. The van der Waals surface area contributed by atoms with Crippen molar-refractivity contribution >= 4 is 36.7 Å². The Labute approximate surface area is 130 Å². The fourth-order valence-electron chi connectivity index (χ4n) is 2.08. The summed E-state index contributed by atoms with van der Waals surface area (Å²) in [6.07, 6.45) is 2.53. The van der Waals surface area contributed by atoms with Crippen molar-refractivity contribution in [3.05, 3.63) is 29.6 Å². The van der Waals surface area contributed by atoms with E-state index in [0.717, 1.165) is 11.3 Å². The summed E-state index contributed by atoms with van der Waals surface area (Å²) < 4.78 is 0. The van der Waals surface area contributed by atoms with Gasteiger partial charge in [-0.15, -0.1) is 24.8 Å².